The number of hydrogen-bond acceptors (Lipinski definition) is 2. The Balaban J connectivity index is 2.59. The van der Waals surface area contributed by atoms with E-state index in [9.17, 15) is 4.39 Å². The van der Waals surface area contributed by atoms with Crippen LogP contribution in [0.25, 0.3) is 5.69 Å². The van der Waals surface area contributed by atoms with Crippen LogP contribution in [0, 0.1) is 26.7 Å². The number of nitrogens with zero attached hydrogens (tertiary/aromatic N) is 3. The quantitative estimate of drug-likeness (QED) is 0.669. The maximum atomic E-state index is 12.9. The van der Waals surface area contributed by atoms with E-state index in [0.717, 1.165) is 17.0 Å². The molecular formula is C11H12FN3. The first-order valence-corrected chi connectivity index (χ1v) is 4.74. The predicted molar refractivity (Wildman–Crippen MR) is 55.5 cm³/mol. The van der Waals surface area contributed by atoms with Crippen LogP contribution in [-0.4, -0.2) is 14.8 Å². The molecule has 0 aliphatic rings. The van der Waals surface area contributed by atoms with Gasteiger partial charge in [-0.2, -0.15) is 9.49 Å². The van der Waals surface area contributed by atoms with Gasteiger partial charge in [0.15, 0.2) is 0 Å². The van der Waals surface area contributed by atoms with Crippen LogP contribution in [0.15, 0.2) is 18.3 Å². The second-order valence-electron chi connectivity index (χ2n) is 3.54. The molecule has 2 heterocycles. The highest BCUT2D eigenvalue weighted by molar-refractivity contribution is 5.35. The van der Waals surface area contributed by atoms with E-state index in [2.05, 4.69) is 10.1 Å². The van der Waals surface area contributed by atoms with Crippen molar-refractivity contribution in [3.63, 3.8) is 0 Å². The molecule has 0 saturated heterocycles. The molecule has 4 heteroatoms. The van der Waals surface area contributed by atoms with E-state index in [-0.39, 0.29) is 0 Å². The third kappa shape index (κ3) is 1.63. The van der Waals surface area contributed by atoms with Gasteiger partial charge >= 0.3 is 0 Å². The molecule has 0 unspecified atom stereocenters. The average molecular weight is 205 g/mol. The van der Waals surface area contributed by atoms with Crippen LogP contribution in [0.3, 0.4) is 0 Å². The third-order valence-corrected chi connectivity index (χ3v) is 2.61. The van der Waals surface area contributed by atoms with E-state index < -0.39 is 5.95 Å². The summed E-state index contributed by atoms with van der Waals surface area (Å²) >= 11 is 0. The maximum Gasteiger partial charge on any atom is 0.214 e. The van der Waals surface area contributed by atoms with Gasteiger partial charge in [-0.05, 0) is 32.4 Å². The molecule has 2 aromatic rings. The van der Waals surface area contributed by atoms with Gasteiger partial charge < -0.3 is 0 Å². The van der Waals surface area contributed by atoms with Gasteiger partial charge in [0.05, 0.1) is 11.4 Å². The summed E-state index contributed by atoms with van der Waals surface area (Å²) in [5, 5.41) is 4.34. The molecule has 0 bridgehead atoms. The van der Waals surface area contributed by atoms with Gasteiger partial charge in [-0.15, -0.1) is 0 Å². The third-order valence-electron chi connectivity index (χ3n) is 2.61. The molecule has 2 rings (SSSR count). The van der Waals surface area contributed by atoms with E-state index in [4.69, 9.17) is 0 Å². The maximum absolute atomic E-state index is 12.9. The molecule has 0 N–H and O–H groups in total. The lowest BCUT2D eigenvalue weighted by Gasteiger charge is -2.03. The molecule has 0 radical (unpaired) electrons. The van der Waals surface area contributed by atoms with Crippen LogP contribution in [0.2, 0.25) is 0 Å². The molecule has 15 heavy (non-hydrogen) atoms. The van der Waals surface area contributed by atoms with Gasteiger partial charge in [-0.3, -0.25) is 0 Å². The minimum absolute atomic E-state index is 0.488. The Morgan fingerprint density at radius 2 is 2.00 bits per heavy atom. The van der Waals surface area contributed by atoms with Gasteiger partial charge in [0.25, 0.3) is 0 Å². The molecule has 0 atom stereocenters. The summed E-state index contributed by atoms with van der Waals surface area (Å²) in [5.41, 5.74) is 3.83. The standard InChI is InChI=1S/C11H12FN3/c1-7-8(2)14-15(9(7)3)10-4-5-13-11(12)6-10/h4-6H,1-3H3. The molecule has 0 fully saturated rings. The summed E-state index contributed by atoms with van der Waals surface area (Å²) < 4.78 is 14.7. The van der Waals surface area contributed by atoms with Gasteiger partial charge in [-0.1, -0.05) is 0 Å². The van der Waals surface area contributed by atoms with Crippen molar-refractivity contribution in [1.29, 1.82) is 0 Å². The Morgan fingerprint density at radius 3 is 2.53 bits per heavy atom. The van der Waals surface area contributed by atoms with Crippen LogP contribution >= 0.6 is 0 Å². The molecule has 78 valence electrons. The molecule has 0 aliphatic carbocycles. The average Bonchev–Trinajstić information content (AvgIpc) is 2.46. The first kappa shape index (κ1) is 9.83. The molecule has 0 aromatic carbocycles. The highest BCUT2D eigenvalue weighted by Gasteiger charge is 2.09. The number of pyridine rings is 1. The smallest absolute Gasteiger partial charge is 0.214 e. The van der Waals surface area contributed by atoms with E-state index in [0.29, 0.717) is 5.69 Å². The van der Waals surface area contributed by atoms with Crippen molar-refractivity contribution in [1.82, 2.24) is 14.8 Å². The fraction of sp³-hybridized carbons (Fsp3) is 0.273. The first-order chi connectivity index (χ1) is 7.09. The zero-order valence-electron chi connectivity index (χ0n) is 8.95. The molecule has 2 aromatic heterocycles. The van der Waals surface area contributed by atoms with Crippen molar-refractivity contribution in [2.45, 2.75) is 20.8 Å². The summed E-state index contributed by atoms with van der Waals surface area (Å²) in [5.74, 6) is -0.488. The number of hydrogen-bond donors (Lipinski definition) is 0. The van der Waals surface area contributed by atoms with E-state index >= 15 is 0 Å². The Morgan fingerprint density at radius 1 is 1.27 bits per heavy atom. The summed E-state index contributed by atoms with van der Waals surface area (Å²) in [6.07, 6.45) is 1.44. The Hall–Kier alpha value is -1.71. The predicted octanol–water partition coefficient (Wildman–Crippen LogP) is 2.33. The zero-order chi connectivity index (χ0) is 11.0. The van der Waals surface area contributed by atoms with E-state index in [1.54, 1.807) is 10.7 Å². The number of aromatic nitrogens is 3. The lowest BCUT2D eigenvalue weighted by Crippen LogP contribution is -2.00. The molecular weight excluding hydrogens is 193 g/mol. The minimum atomic E-state index is -0.488. The minimum Gasteiger partial charge on any atom is -0.237 e. The van der Waals surface area contributed by atoms with Gasteiger partial charge in [0.1, 0.15) is 0 Å². The molecule has 0 amide bonds. The second kappa shape index (κ2) is 3.46. The lowest BCUT2D eigenvalue weighted by atomic mass is 10.2. The summed E-state index contributed by atoms with van der Waals surface area (Å²) in [6, 6.07) is 3.11. The Kier molecular flexibility index (Phi) is 2.26. The number of rotatable bonds is 1. The van der Waals surface area contributed by atoms with Crippen molar-refractivity contribution >= 4 is 0 Å². The fourth-order valence-corrected chi connectivity index (χ4v) is 1.50. The van der Waals surface area contributed by atoms with Crippen LogP contribution < -0.4 is 0 Å². The number of aryl methyl sites for hydroxylation is 1. The molecule has 0 aliphatic heterocycles. The molecule has 0 saturated carbocycles. The lowest BCUT2D eigenvalue weighted by molar-refractivity contribution is 0.581. The van der Waals surface area contributed by atoms with Crippen molar-refractivity contribution in [3.05, 3.63) is 41.2 Å². The van der Waals surface area contributed by atoms with Crippen molar-refractivity contribution in [3.8, 4) is 5.69 Å². The summed E-state index contributed by atoms with van der Waals surface area (Å²) in [7, 11) is 0. The Labute approximate surface area is 87.6 Å². The first-order valence-electron chi connectivity index (χ1n) is 4.74. The zero-order valence-corrected chi connectivity index (χ0v) is 8.95. The fourth-order valence-electron chi connectivity index (χ4n) is 1.50. The van der Waals surface area contributed by atoms with Gasteiger partial charge in [0.2, 0.25) is 5.95 Å². The van der Waals surface area contributed by atoms with E-state index in [1.807, 2.05) is 20.8 Å². The SMILES string of the molecule is Cc1nn(-c2ccnc(F)c2)c(C)c1C. The van der Waals surface area contributed by atoms with E-state index in [1.165, 1.54) is 12.3 Å². The van der Waals surface area contributed by atoms with Gasteiger partial charge in [0, 0.05) is 18.0 Å². The molecule has 0 spiro atoms. The second-order valence-corrected chi connectivity index (χ2v) is 3.54. The van der Waals surface area contributed by atoms with Crippen LogP contribution in [0.1, 0.15) is 17.0 Å². The molecule has 3 nitrogen and oxygen atoms in total. The van der Waals surface area contributed by atoms with Gasteiger partial charge in [-0.25, -0.2) is 9.67 Å². The van der Waals surface area contributed by atoms with Crippen LogP contribution in [0.4, 0.5) is 4.39 Å². The monoisotopic (exact) mass is 205 g/mol. The highest BCUT2D eigenvalue weighted by Crippen LogP contribution is 2.16. The topological polar surface area (TPSA) is 30.7 Å². The van der Waals surface area contributed by atoms with Crippen LogP contribution in [-0.2, 0) is 0 Å². The number of halogens is 1. The van der Waals surface area contributed by atoms with Crippen molar-refractivity contribution < 1.29 is 4.39 Å². The summed E-state index contributed by atoms with van der Waals surface area (Å²) in [4.78, 5) is 3.52. The summed E-state index contributed by atoms with van der Waals surface area (Å²) in [6.45, 7) is 5.91. The van der Waals surface area contributed by atoms with Crippen LogP contribution in [0.5, 0.6) is 0 Å². The normalized spacial score (nSPS) is 10.7. The van der Waals surface area contributed by atoms with Crippen molar-refractivity contribution in [2.24, 2.45) is 0 Å². The Bertz CT molecular complexity index is 503. The largest absolute Gasteiger partial charge is 0.237 e. The highest BCUT2D eigenvalue weighted by atomic mass is 19.1. The van der Waals surface area contributed by atoms with Crippen molar-refractivity contribution in [2.75, 3.05) is 0 Å².